The lowest BCUT2D eigenvalue weighted by Crippen LogP contribution is -2.15. The van der Waals surface area contributed by atoms with E-state index >= 15 is 0 Å². The van der Waals surface area contributed by atoms with Crippen molar-refractivity contribution in [3.05, 3.63) is 29.8 Å². The van der Waals surface area contributed by atoms with Gasteiger partial charge in [-0.15, -0.1) is 0 Å². The molecule has 0 bridgehead atoms. The Bertz CT molecular complexity index is 276. The fourth-order valence-electron chi connectivity index (χ4n) is 1.46. The lowest BCUT2D eigenvalue weighted by Gasteiger charge is -2.06. The topological polar surface area (TPSA) is 58.3 Å². The molecule has 3 heteroatoms. The zero-order valence-electron chi connectivity index (χ0n) is 9.08. The van der Waals surface area contributed by atoms with Crippen LogP contribution in [-0.4, -0.2) is 18.3 Å². The van der Waals surface area contributed by atoms with Crippen LogP contribution in [0.4, 0.5) is 5.69 Å². The summed E-state index contributed by atoms with van der Waals surface area (Å²) in [4.78, 5) is 0. The van der Waals surface area contributed by atoms with Crippen LogP contribution in [-0.2, 0) is 6.54 Å². The van der Waals surface area contributed by atoms with Crippen molar-refractivity contribution in [3.63, 3.8) is 0 Å². The van der Waals surface area contributed by atoms with Crippen molar-refractivity contribution >= 4 is 5.69 Å². The quantitative estimate of drug-likeness (QED) is 0.470. The fourth-order valence-corrected chi connectivity index (χ4v) is 1.46. The molecule has 1 aromatic carbocycles. The highest BCUT2D eigenvalue weighted by Gasteiger charge is 1.96. The highest BCUT2D eigenvalue weighted by molar-refractivity contribution is 5.46. The lowest BCUT2D eigenvalue weighted by atomic mass is 10.2. The summed E-state index contributed by atoms with van der Waals surface area (Å²) in [7, 11) is 0. The Morgan fingerprint density at radius 1 is 1.13 bits per heavy atom. The Balaban J connectivity index is 2.12. The van der Waals surface area contributed by atoms with Gasteiger partial charge in [-0.05, 0) is 37.4 Å². The molecule has 1 aromatic rings. The van der Waals surface area contributed by atoms with Crippen LogP contribution in [0, 0.1) is 0 Å². The molecule has 0 saturated carbocycles. The predicted octanol–water partition coefficient (Wildman–Crippen LogP) is 1.52. The van der Waals surface area contributed by atoms with E-state index in [2.05, 4.69) is 5.32 Å². The molecule has 1 rings (SSSR count). The van der Waals surface area contributed by atoms with Crippen LogP contribution in [0.3, 0.4) is 0 Å². The third-order valence-corrected chi connectivity index (χ3v) is 2.38. The van der Waals surface area contributed by atoms with Crippen LogP contribution in [0.2, 0.25) is 0 Å². The van der Waals surface area contributed by atoms with E-state index in [9.17, 15) is 0 Å². The minimum Gasteiger partial charge on any atom is -0.398 e. The molecule has 0 heterocycles. The Labute approximate surface area is 91.3 Å². The van der Waals surface area contributed by atoms with E-state index in [1.807, 2.05) is 24.3 Å². The molecule has 0 aliphatic carbocycles. The van der Waals surface area contributed by atoms with Crippen LogP contribution >= 0.6 is 0 Å². The van der Waals surface area contributed by atoms with Crippen LogP contribution in [0.5, 0.6) is 0 Å². The van der Waals surface area contributed by atoms with Gasteiger partial charge in [0.05, 0.1) is 0 Å². The molecule has 0 amide bonds. The first-order valence-electron chi connectivity index (χ1n) is 5.49. The van der Waals surface area contributed by atoms with Gasteiger partial charge in [-0.3, -0.25) is 0 Å². The molecule has 0 unspecified atom stereocenters. The molecule has 3 nitrogen and oxygen atoms in total. The first-order chi connectivity index (χ1) is 7.34. The van der Waals surface area contributed by atoms with Gasteiger partial charge in [-0.25, -0.2) is 0 Å². The number of nitrogen functional groups attached to an aromatic ring is 1. The maximum Gasteiger partial charge on any atom is 0.0431 e. The first-order valence-corrected chi connectivity index (χ1v) is 5.49. The number of para-hydroxylation sites is 1. The first kappa shape index (κ1) is 12.0. The van der Waals surface area contributed by atoms with Gasteiger partial charge >= 0.3 is 0 Å². The Morgan fingerprint density at radius 3 is 2.67 bits per heavy atom. The van der Waals surface area contributed by atoms with Gasteiger partial charge in [-0.2, -0.15) is 0 Å². The monoisotopic (exact) mass is 208 g/mol. The van der Waals surface area contributed by atoms with Crippen LogP contribution in [0.15, 0.2) is 24.3 Å². The second-order valence-corrected chi connectivity index (χ2v) is 3.66. The summed E-state index contributed by atoms with van der Waals surface area (Å²) in [6.45, 7) is 2.10. The molecule has 0 aliphatic heterocycles. The number of anilines is 1. The average Bonchev–Trinajstić information content (AvgIpc) is 2.25. The molecular weight excluding hydrogens is 188 g/mol. The summed E-state index contributed by atoms with van der Waals surface area (Å²) in [5.41, 5.74) is 7.81. The molecule has 0 aromatic heterocycles. The molecule has 0 fully saturated rings. The van der Waals surface area contributed by atoms with Gasteiger partial charge in [0.2, 0.25) is 0 Å². The number of unbranched alkanes of at least 4 members (excludes halogenated alkanes) is 2. The van der Waals surface area contributed by atoms with E-state index < -0.39 is 0 Å². The number of nitrogens with two attached hydrogens (primary N) is 1. The average molecular weight is 208 g/mol. The Kier molecular flexibility index (Phi) is 5.81. The van der Waals surface area contributed by atoms with Crippen molar-refractivity contribution in [1.29, 1.82) is 0 Å². The van der Waals surface area contributed by atoms with E-state index in [0.717, 1.165) is 43.6 Å². The second-order valence-electron chi connectivity index (χ2n) is 3.66. The third-order valence-electron chi connectivity index (χ3n) is 2.38. The molecule has 15 heavy (non-hydrogen) atoms. The summed E-state index contributed by atoms with van der Waals surface area (Å²) in [6.07, 6.45) is 3.08. The number of hydrogen-bond acceptors (Lipinski definition) is 3. The normalized spacial score (nSPS) is 10.5. The smallest absolute Gasteiger partial charge is 0.0431 e. The van der Waals surface area contributed by atoms with Crippen LogP contribution in [0.25, 0.3) is 0 Å². The molecule has 0 aliphatic rings. The van der Waals surface area contributed by atoms with E-state index in [4.69, 9.17) is 10.8 Å². The zero-order valence-corrected chi connectivity index (χ0v) is 9.08. The van der Waals surface area contributed by atoms with Gasteiger partial charge in [0.1, 0.15) is 0 Å². The molecular formula is C12H20N2O. The highest BCUT2D eigenvalue weighted by atomic mass is 16.2. The van der Waals surface area contributed by atoms with E-state index in [1.54, 1.807) is 0 Å². The number of aliphatic hydroxyl groups excluding tert-OH is 1. The summed E-state index contributed by atoms with van der Waals surface area (Å²) in [5, 5.41) is 11.9. The van der Waals surface area contributed by atoms with Gasteiger partial charge < -0.3 is 16.2 Å². The van der Waals surface area contributed by atoms with Crippen molar-refractivity contribution in [2.24, 2.45) is 0 Å². The summed E-state index contributed by atoms with van der Waals surface area (Å²) >= 11 is 0. The number of hydrogen-bond donors (Lipinski definition) is 3. The summed E-state index contributed by atoms with van der Waals surface area (Å²) < 4.78 is 0. The SMILES string of the molecule is Nc1ccccc1CNCCCCCO. The molecule has 84 valence electrons. The van der Waals surface area contributed by atoms with Crippen molar-refractivity contribution in [3.8, 4) is 0 Å². The van der Waals surface area contributed by atoms with Gasteiger partial charge in [0, 0.05) is 18.8 Å². The Hall–Kier alpha value is -1.06. The lowest BCUT2D eigenvalue weighted by molar-refractivity contribution is 0.283. The maximum absolute atomic E-state index is 8.60. The number of benzene rings is 1. The largest absolute Gasteiger partial charge is 0.398 e. The highest BCUT2D eigenvalue weighted by Crippen LogP contribution is 2.09. The number of nitrogens with one attached hydrogen (secondary N) is 1. The van der Waals surface area contributed by atoms with E-state index in [1.165, 1.54) is 0 Å². The molecule has 0 radical (unpaired) electrons. The number of rotatable bonds is 7. The predicted molar refractivity (Wildman–Crippen MR) is 63.5 cm³/mol. The molecule has 0 atom stereocenters. The maximum atomic E-state index is 8.60. The molecule has 0 saturated heterocycles. The minimum absolute atomic E-state index is 0.297. The zero-order chi connectivity index (χ0) is 10.9. The van der Waals surface area contributed by atoms with Crippen LogP contribution in [0.1, 0.15) is 24.8 Å². The van der Waals surface area contributed by atoms with Crippen molar-refractivity contribution in [1.82, 2.24) is 5.32 Å². The Morgan fingerprint density at radius 2 is 1.93 bits per heavy atom. The third kappa shape index (κ3) is 4.81. The van der Waals surface area contributed by atoms with Crippen molar-refractivity contribution < 1.29 is 5.11 Å². The minimum atomic E-state index is 0.297. The second kappa shape index (κ2) is 7.26. The summed E-state index contributed by atoms with van der Waals surface area (Å²) in [6, 6.07) is 7.90. The van der Waals surface area contributed by atoms with Crippen LogP contribution < -0.4 is 11.1 Å². The van der Waals surface area contributed by atoms with Gasteiger partial charge in [-0.1, -0.05) is 18.2 Å². The number of aliphatic hydroxyl groups is 1. The molecule has 4 N–H and O–H groups in total. The molecule has 0 spiro atoms. The van der Waals surface area contributed by atoms with E-state index in [-0.39, 0.29) is 0 Å². The van der Waals surface area contributed by atoms with Crippen molar-refractivity contribution in [2.75, 3.05) is 18.9 Å². The van der Waals surface area contributed by atoms with Gasteiger partial charge in [0.25, 0.3) is 0 Å². The van der Waals surface area contributed by atoms with E-state index in [0.29, 0.717) is 6.61 Å². The summed E-state index contributed by atoms with van der Waals surface area (Å²) in [5.74, 6) is 0. The van der Waals surface area contributed by atoms with Crippen molar-refractivity contribution in [2.45, 2.75) is 25.8 Å². The standard InChI is InChI=1S/C12H20N2O/c13-12-7-3-2-6-11(12)10-14-8-4-1-5-9-15/h2-3,6-7,14-15H,1,4-5,8-10,13H2. The fraction of sp³-hybridized carbons (Fsp3) is 0.500. The van der Waals surface area contributed by atoms with Gasteiger partial charge in [0.15, 0.2) is 0 Å².